The summed E-state index contributed by atoms with van der Waals surface area (Å²) in [6, 6.07) is 6.20. The lowest BCUT2D eigenvalue weighted by Gasteiger charge is -2.30. The molecule has 1 fully saturated rings. The Morgan fingerprint density at radius 3 is 2.89 bits per heavy atom. The van der Waals surface area contributed by atoms with Crippen LogP contribution < -0.4 is 10.5 Å². The van der Waals surface area contributed by atoms with E-state index >= 15 is 0 Å². The Morgan fingerprint density at radius 2 is 2.28 bits per heavy atom. The van der Waals surface area contributed by atoms with Gasteiger partial charge < -0.3 is 15.6 Å². The van der Waals surface area contributed by atoms with E-state index in [2.05, 4.69) is 0 Å². The first-order valence-electron chi connectivity index (χ1n) is 5.92. The molecule has 98 valence electrons. The van der Waals surface area contributed by atoms with Crippen LogP contribution in [0.15, 0.2) is 24.3 Å². The fraction of sp³-hybridized carbons (Fsp3) is 0.462. The lowest BCUT2D eigenvalue weighted by Crippen LogP contribution is -2.35. The van der Waals surface area contributed by atoms with Crippen molar-refractivity contribution in [2.45, 2.75) is 37.6 Å². The normalized spacial score (nSPS) is 24.1. The van der Waals surface area contributed by atoms with Gasteiger partial charge in [0, 0.05) is 12.8 Å². The molecule has 0 amide bonds. The van der Waals surface area contributed by atoms with Gasteiger partial charge in [-0.15, -0.1) is 0 Å². The van der Waals surface area contributed by atoms with Gasteiger partial charge in [-0.1, -0.05) is 12.1 Å². The van der Waals surface area contributed by atoms with Crippen LogP contribution in [0, 0.1) is 0 Å². The van der Waals surface area contributed by atoms with Crippen molar-refractivity contribution in [1.82, 2.24) is 0 Å². The Morgan fingerprint density at radius 1 is 1.56 bits per heavy atom. The largest absolute Gasteiger partial charge is 0.490 e. The number of ether oxygens (including phenoxy) is 1. The van der Waals surface area contributed by atoms with E-state index in [-0.39, 0.29) is 12.5 Å². The van der Waals surface area contributed by atoms with Crippen LogP contribution in [0.5, 0.6) is 5.75 Å². The monoisotopic (exact) mass is 252 g/mol. The number of hydrogen-bond donors (Lipinski definition) is 2. The van der Waals surface area contributed by atoms with E-state index < -0.39 is 18.2 Å². The first-order chi connectivity index (χ1) is 8.54. The molecule has 0 saturated heterocycles. The Kier molecular flexibility index (Phi) is 3.81. The molecule has 1 atom stereocenters. The molecule has 0 spiro atoms. The van der Waals surface area contributed by atoms with Gasteiger partial charge in [0.15, 0.2) is 0 Å². The average molecular weight is 252 g/mol. The maximum absolute atomic E-state index is 12.6. The van der Waals surface area contributed by atoms with Crippen molar-refractivity contribution in [3.63, 3.8) is 0 Å². The van der Waals surface area contributed by atoms with Crippen molar-refractivity contribution in [3.05, 3.63) is 29.8 Å². The van der Waals surface area contributed by atoms with Gasteiger partial charge in [-0.2, -0.15) is 0 Å². The number of halogens is 1. The van der Waals surface area contributed by atoms with Crippen LogP contribution in [-0.2, 0) is 11.2 Å². The number of benzene rings is 1. The third-order valence-electron chi connectivity index (χ3n) is 3.01. The summed E-state index contributed by atoms with van der Waals surface area (Å²) in [5, 5.41) is 8.74. The summed E-state index contributed by atoms with van der Waals surface area (Å²) in [6.45, 7) is 0. The van der Waals surface area contributed by atoms with E-state index in [0.29, 0.717) is 18.6 Å². The lowest BCUT2D eigenvalue weighted by molar-refractivity contribution is -0.138. The first kappa shape index (κ1) is 12.8. The summed E-state index contributed by atoms with van der Waals surface area (Å²) < 4.78 is 18.2. The van der Waals surface area contributed by atoms with E-state index in [0.717, 1.165) is 5.56 Å². The van der Waals surface area contributed by atoms with Gasteiger partial charge in [-0.25, -0.2) is 4.39 Å². The molecule has 1 aromatic rings. The summed E-state index contributed by atoms with van der Waals surface area (Å²) in [6.07, 6.45) is 0.294. The molecule has 0 bridgehead atoms. The van der Waals surface area contributed by atoms with E-state index in [1.165, 1.54) is 0 Å². The summed E-state index contributed by atoms with van der Waals surface area (Å²) >= 11 is 0. The van der Waals surface area contributed by atoms with Crippen molar-refractivity contribution in [2.24, 2.45) is 5.73 Å². The standard InChI is InChI=1S/C13H16FNO3/c14-9-6-11(7-9)18-10-3-1-2-8(4-10)5-12(15)13(16)17/h1-4,9,11-12H,5-7,15H2,(H,16,17)/t9?,11?,12-/m0/s1/i14-1. The molecule has 1 saturated carbocycles. The highest BCUT2D eigenvalue weighted by Gasteiger charge is 2.30. The maximum Gasteiger partial charge on any atom is 0.320 e. The maximum atomic E-state index is 12.6. The molecule has 0 aliphatic heterocycles. The summed E-state index contributed by atoms with van der Waals surface area (Å²) in [5.41, 5.74) is 6.27. The molecule has 5 heteroatoms. The zero-order valence-corrected chi connectivity index (χ0v) is 9.88. The minimum absolute atomic E-state index is 0.0663. The highest BCUT2D eigenvalue weighted by Crippen LogP contribution is 2.28. The Balaban J connectivity index is 1.94. The molecule has 0 unspecified atom stereocenters. The molecule has 1 aromatic carbocycles. The SMILES string of the molecule is N[C@@H](Cc1cccc(OC2CC([18F])C2)c1)C(=O)O. The van der Waals surface area contributed by atoms with Gasteiger partial charge in [0.2, 0.25) is 0 Å². The number of carboxylic acid groups (broad SMARTS) is 1. The summed E-state index contributed by atoms with van der Waals surface area (Å²) in [5.74, 6) is -0.387. The van der Waals surface area contributed by atoms with Crippen molar-refractivity contribution in [3.8, 4) is 5.75 Å². The predicted octanol–water partition coefficient (Wildman–Crippen LogP) is 1.52. The van der Waals surface area contributed by atoms with Gasteiger partial charge in [0.05, 0.1) is 0 Å². The van der Waals surface area contributed by atoms with Crippen molar-refractivity contribution in [2.75, 3.05) is 0 Å². The fourth-order valence-corrected chi connectivity index (χ4v) is 1.88. The smallest absolute Gasteiger partial charge is 0.320 e. The van der Waals surface area contributed by atoms with Crippen molar-refractivity contribution >= 4 is 5.97 Å². The molecule has 4 nitrogen and oxygen atoms in total. The topological polar surface area (TPSA) is 72.5 Å². The third-order valence-corrected chi connectivity index (χ3v) is 3.01. The van der Waals surface area contributed by atoms with Crippen molar-refractivity contribution < 1.29 is 19.0 Å². The molecular formula is C13H16FNO3. The van der Waals surface area contributed by atoms with Crippen LogP contribution in [0.1, 0.15) is 18.4 Å². The Bertz CT molecular complexity index is 432. The third kappa shape index (κ3) is 3.20. The van der Waals surface area contributed by atoms with Gasteiger partial charge in [0.25, 0.3) is 0 Å². The number of nitrogens with two attached hydrogens (primary N) is 1. The van der Waals surface area contributed by atoms with Gasteiger partial charge >= 0.3 is 5.97 Å². The fourth-order valence-electron chi connectivity index (χ4n) is 1.88. The molecule has 1 aliphatic carbocycles. The number of hydrogen-bond acceptors (Lipinski definition) is 3. The Hall–Kier alpha value is -1.62. The second-order valence-corrected chi connectivity index (χ2v) is 4.60. The summed E-state index contributed by atoms with van der Waals surface area (Å²) in [4.78, 5) is 10.7. The van der Waals surface area contributed by atoms with E-state index in [9.17, 15) is 9.18 Å². The highest BCUT2D eigenvalue weighted by atomic mass is 18.2. The summed E-state index contributed by atoms with van der Waals surface area (Å²) in [7, 11) is 0. The van der Waals surface area contributed by atoms with Crippen LogP contribution in [0.4, 0.5) is 4.39 Å². The molecular weight excluding hydrogens is 236 g/mol. The number of rotatable bonds is 5. The molecule has 0 heterocycles. The van der Waals surface area contributed by atoms with Crippen LogP contribution in [0.25, 0.3) is 0 Å². The lowest BCUT2D eigenvalue weighted by atomic mass is 9.93. The van der Waals surface area contributed by atoms with Crippen LogP contribution >= 0.6 is 0 Å². The Labute approximate surface area is 105 Å². The number of carbonyl (C=O) groups is 1. The van der Waals surface area contributed by atoms with Gasteiger partial charge in [0.1, 0.15) is 24.1 Å². The quantitative estimate of drug-likeness (QED) is 0.833. The van der Waals surface area contributed by atoms with E-state index in [1.54, 1.807) is 24.3 Å². The number of alkyl halides is 1. The van der Waals surface area contributed by atoms with Gasteiger partial charge in [-0.3, -0.25) is 4.79 Å². The minimum atomic E-state index is -1.03. The second-order valence-electron chi connectivity index (χ2n) is 4.60. The van der Waals surface area contributed by atoms with Crippen LogP contribution in [-0.4, -0.2) is 29.4 Å². The second kappa shape index (κ2) is 5.35. The highest BCUT2D eigenvalue weighted by molar-refractivity contribution is 5.73. The number of aliphatic carboxylic acids is 1. The minimum Gasteiger partial charge on any atom is -0.490 e. The zero-order valence-electron chi connectivity index (χ0n) is 9.88. The molecule has 18 heavy (non-hydrogen) atoms. The molecule has 3 N–H and O–H groups in total. The molecule has 0 aromatic heterocycles. The number of carboxylic acids is 1. The van der Waals surface area contributed by atoms with E-state index in [4.69, 9.17) is 15.6 Å². The van der Waals surface area contributed by atoms with Crippen LogP contribution in [0.3, 0.4) is 0 Å². The molecule has 1 aliphatic rings. The van der Waals surface area contributed by atoms with Gasteiger partial charge in [-0.05, 0) is 24.1 Å². The van der Waals surface area contributed by atoms with E-state index in [1.807, 2.05) is 0 Å². The molecule has 0 radical (unpaired) electrons. The average Bonchev–Trinajstić information content (AvgIpc) is 2.27. The molecule has 2 rings (SSSR count). The first-order valence-corrected chi connectivity index (χ1v) is 5.92. The van der Waals surface area contributed by atoms with Crippen molar-refractivity contribution in [1.29, 1.82) is 0 Å². The predicted molar refractivity (Wildman–Crippen MR) is 64.3 cm³/mol. The van der Waals surface area contributed by atoms with Crippen LogP contribution in [0.2, 0.25) is 0 Å². The zero-order chi connectivity index (χ0) is 13.1.